The predicted octanol–water partition coefficient (Wildman–Crippen LogP) is 3.36. The molecule has 1 atom stereocenters. The van der Waals surface area contributed by atoms with Gasteiger partial charge in [0.15, 0.2) is 5.17 Å². The molecule has 0 bridgehead atoms. The Hall–Kier alpha value is -2.74. The van der Waals surface area contributed by atoms with Gasteiger partial charge in [0, 0.05) is 12.2 Å². The lowest BCUT2D eigenvalue weighted by molar-refractivity contribution is -0.136. The van der Waals surface area contributed by atoms with Gasteiger partial charge in [-0.25, -0.2) is 9.79 Å². The highest BCUT2D eigenvalue weighted by Gasteiger charge is 2.41. The highest BCUT2D eigenvalue weighted by molar-refractivity contribution is 8.16. The third-order valence-electron chi connectivity index (χ3n) is 5.46. The standard InChI is InChI=1S/C22H25N3O4S/c1-13-19(21(27)29-3)20(15-6-8-17(28-2)9-7-15)25-16(12-30-22(25)24-13)10-18(26)23-11-14-4-5-14/h6-9,12,14,20H,4-5,10-11H2,1-3H3,(H,23,26)/t20-/m0/s1. The number of rotatable bonds is 7. The Bertz CT molecular complexity index is 948. The molecule has 1 N–H and O–H groups in total. The number of carbonyl (C=O) groups is 2. The summed E-state index contributed by atoms with van der Waals surface area (Å²) in [7, 11) is 2.98. The largest absolute Gasteiger partial charge is 0.497 e. The van der Waals surface area contributed by atoms with E-state index in [1.54, 1.807) is 7.11 Å². The van der Waals surface area contributed by atoms with Gasteiger partial charge in [-0.3, -0.25) is 4.79 Å². The second kappa shape index (κ2) is 8.55. The maximum atomic E-state index is 12.7. The number of aliphatic imine (C=N–C) groups is 1. The average Bonchev–Trinajstić information content (AvgIpc) is 3.51. The van der Waals surface area contributed by atoms with E-state index in [0.29, 0.717) is 17.2 Å². The number of nitrogens with zero attached hydrogens (tertiary/aromatic N) is 2. The lowest BCUT2D eigenvalue weighted by Crippen LogP contribution is -2.38. The highest BCUT2D eigenvalue weighted by Crippen LogP contribution is 2.45. The number of methoxy groups -OCH3 is 2. The molecule has 3 aliphatic rings. The van der Waals surface area contributed by atoms with Gasteiger partial charge in [0.25, 0.3) is 0 Å². The van der Waals surface area contributed by atoms with Crippen LogP contribution in [0.4, 0.5) is 0 Å². The minimum absolute atomic E-state index is 0.0191. The van der Waals surface area contributed by atoms with Gasteiger partial charge in [-0.05, 0) is 48.8 Å². The zero-order valence-corrected chi connectivity index (χ0v) is 18.1. The molecule has 2 heterocycles. The summed E-state index contributed by atoms with van der Waals surface area (Å²) < 4.78 is 10.3. The van der Waals surface area contributed by atoms with Crippen LogP contribution in [0.3, 0.4) is 0 Å². The summed E-state index contributed by atoms with van der Waals surface area (Å²) in [5.74, 6) is 0.909. The van der Waals surface area contributed by atoms with Gasteiger partial charge in [-0.2, -0.15) is 0 Å². The lowest BCUT2D eigenvalue weighted by Gasteiger charge is -2.36. The monoisotopic (exact) mass is 427 g/mol. The normalized spacial score (nSPS) is 20.4. The van der Waals surface area contributed by atoms with Crippen LogP contribution in [0.1, 0.15) is 37.8 Å². The molecule has 0 radical (unpaired) electrons. The maximum Gasteiger partial charge on any atom is 0.338 e. The lowest BCUT2D eigenvalue weighted by atomic mass is 9.94. The summed E-state index contributed by atoms with van der Waals surface area (Å²) in [5.41, 5.74) is 2.81. The fraction of sp³-hybridized carbons (Fsp3) is 0.409. The quantitative estimate of drug-likeness (QED) is 0.672. The summed E-state index contributed by atoms with van der Waals surface area (Å²) in [5, 5.41) is 5.71. The molecule has 1 fully saturated rings. The number of hydrogen-bond acceptors (Lipinski definition) is 7. The summed E-state index contributed by atoms with van der Waals surface area (Å²) in [6.07, 6.45) is 2.61. The summed E-state index contributed by atoms with van der Waals surface area (Å²) >= 11 is 1.47. The number of esters is 1. The van der Waals surface area contributed by atoms with E-state index in [1.807, 2.05) is 41.5 Å². The molecule has 7 nitrogen and oxygen atoms in total. The second-order valence-electron chi connectivity index (χ2n) is 7.58. The van der Waals surface area contributed by atoms with E-state index >= 15 is 0 Å². The number of hydrogen-bond donors (Lipinski definition) is 1. The zero-order chi connectivity index (χ0) is 21.3. The van der Waals surface area contributed by atoms with E-state index < -0.39 is 12.0 Å². The van der Waals surface area contributed by atoms with Crippen molar-refractivity contribution < 1.29 is 19.1 Å². The van der Waals surface area contributed by atoms with E-state index in [4.69, 9.17) is 9.47 Å². The second-order valence-corrected chi connectivity index (χ2v) is 8.42. The van der Waals surface area contributed by atoms with Gasteiger partial charge in [0.05, 0.1) is 38.0 Å². The fourth-order valence-electron chi connectivity index (χ4n) is 3.65. The first-order valence-corrected chi connectivity index (χ1v) is 10.8. The number of thioether (sulfide) groups is 1. The summed E-state index contributed by atoms with van der Waals surface area (Å²) in [4.78, 5) is 31.8. The van der Waals surface area contributed by atoms with Gasteiger partial charge in [0.2, 0.25) is 5.91 Å². The number of ether oxygens (including phenoxy) is 2. The SMILES string of the molecule is COC(=O)C1=C(C)N=C2SC=C(CC(=O)NCC3CC3)N2[C@H]1c1ccc(OC)cc1. The highest BCUT2D eigenvalue weighted by atomic mass is 32.2. The molecule has 1 aromatic carbocycles. The molecule has 1 aromatic rings. The van der Waals surface area contributed by atoms with Crippen molar-refractivity contribution in [3.05, 3.63) is 52.2 Å². The minimum Gasteiger partial charge on any atom is -0.497 e. The van der Waals surface area contributed by atoms with Crippen LogP contribution in [0.5, 0.6) is 5.75 Å². The van der Waals surface area contributed by atoms with Crippen LogP contribution in [0, 0.1) is 5.92 Å². The molecular formula is C22H25N3O4S. The molecule has 1 aliphatic carbocycles. The van der Waals surface area contributed by atoms with Crippen molar-refractivity contribution in [3.63, 3.8) is 0 Å². The molecule has 30 heavy (non-hydrogen) atoms. The van der Waals surface area contributed by atoms with Crippen molar-refractivity contribution in [2.45, 2.75) is 32.2 Å². The molecule has 1 amide bonds. The van der Waals surface area contributed by atoms with E-state index in [0.717, 1.165) is 28.7 Å². The zero-order valence-electron chi connectivity index (χ0n) is 17.3. The van der Waals surface area contributed by atoms with Crippen LogP contribution in [-0.2, 0) is 14.3 Å². The molecular weight excluding hydrogens is 402 g/mol. The van der Waals surface area contributed by atoms with Crippen molar-refractivity contribution in [2.24, 2.45) is 10.9 Å². The summed E-state index contributed by atoms with van der Waals surface area (Å²) in [6, 6.07) is 7.15. The molecule has 1 saturated carbocycles. The average molecular weight is 428 g/mol. The molecule has 0 unspecified atom stereocenters. The molecule has 158 valence electrons. The third-order valence-corrected chi connectivity index (χ3v) is 6.35. The molecule has 0 aromatic heterocycles. The number of amidine groups is 1. The minimum atomic E-state index is -0.425. The van der Waals surface area contributed by atoms with Crippen LogP contribution in [0.15, 0.2) is 51.6 Å². The summed E-state index contributed by atoms with van der Waals surface area (Å²) in [6.45, 7) is 2.54. The van der Waals surface area contributed by atoms with E-state index in [9.17, 15) is 9.59 Å². The van der Waals surface area contributed by atoms with Crippen LogP contribution >= 0.6 is 11.8 Å². The van der Waals surface area contributed by atoms with Gasteiger partial charge in [-0.15, -0.1) is 0 Å². The Kier molecular flexibility index (Phi) is 5.85. The van der Waals surface area contributed by atoms with E-state index in [2.05, 4.69) is 10.3 Å². The Morgan fingerprint density at radius 1 is 1.23 bits per heavy atom. The molecule has 0 saturated heterocycles. The van der Waals surface area contributed by atoms with Crippen molar-refractivity contribution in [3.8, 4) is 5.75 Å². The molecule has 0 spiro atoms. The number of nitrogens with one attached hydrogen (secondary N) is 1. The smallest absolute Gasteiger partial charge is 0.338 e. The number of amides is 1. The molecule has 8 heteroatoms. The van der Waals surface area contributed by atoms with Crippen LogP contribution in [-0.4, -0.2) is 42.7 Å². The Morgan fingerprint density at radius 3 is 2.60 bits per heavy atom. The predicted molar refractivity (Wildman–Crippen MR) is 116 cm³/mol. The Labute approximate surface area is 180 Å². The molecule has 4 rings (SSSR count). The van der Waals surface area contributed by atoms with Crippen molar-refractivity contribution >= 4 is 28.8 Å². The number of carbonyl (C=O) groups excluding carboxylic acids is 2. The Morgan fingerprint density at radius 2 is 1.97 bits per heavy atom. The van der Waals surface area contributed by atoms with Crippen LogP contribution < -0.4 is 10.1 Å². The van der Waals surface area contributed by atoms with Gasteiger partial charge in [0.1, 0.15) is 5.75 Å². The topological polar surface area (TPSA) is 80.2 Å². The van der Waals surface area contributed by atoms with E-state index in [1.165, 1.54) is 31.7 Å². The van der Waals surface area contributed by atoms with Crippen molar-refractivity contribution in [1.82, 2.24) is 10.2 Å². The third kappa shape index (κ3) is 4.09. The Balaban J connectivity index is 1.65. The van der Waals surface area contributed by atoms with Gasteiger partial charge in [-0.1, -0.05) is 23.9 Å². The van der Waals surface area contributed by atoms with E-state index in [-0.39, 0.29) is 12.3 Å². The van der Waals surface area contributed by atoms with Crippen LogP contribution in [0.2, 0.25) is 0 Å². The van der Waals surface area contributed by atoms with Crippen molar-refractivity contribution in [2.75, 3.05) is 20.8 Å². The number of allylic oxidation sites excluding steroid dienone is 1. The maximum absolute atomic E-state index is 12.7. The van der Waals surface area contributed by atoms with Crippen molar-refractivity contribution in [1.29, 1.82) is 0 Å². The van der Waals surface area contributed by atoms with Crippen LogP contribution in [0.25, 0.3) is 0 Å². The fourth-order valence-corrected chi connectivity index (χ4v) is 4.61. The number of benzene rings is 1. The van der Waals surface area contributed by atoms with Gasteiger partial charge < -0.3 is 19.7 Å². The molecule has 2 aliphatic heterocycles. The first kappa shape index (κ1) is 20.5. The first-order valence-electron chi connectivity index (χ1n) is 9.95. The van der Waals surface area contributed by atoms with Gasteiger partial charge >= 0.3 is 5.97 Å². The number of fused-ring (bicyclic) bond motifs is 1. The first-order chi connectivity index (χ1) is 14.5.